The molecule has 0 fully saturated rings. The number of halogens is 1. The molecule has 0 aliphatic carbocycles. The van der Waals surface area contributed by atoms with Gasteiger partial charge in [-0.15, -0.1) is 0 Å². The Balaban J connectivity index is 2.10. The lowest BCUT2D eigenvalue weighted by Crippen LogP contribution is -2.19. The Morgan fingerprint density at radius 1 is 1.17 bits per heavy atom. The summed E-state index contributed by atoms with van der Waals surface area (Å²) in [4.78, 5) is 0.0428. The van der Waals surface area contributed by atoms with Gasteiger partial charge in [-0.25, -0.2) is 13.6 Å². The summed E-state index contributed by atoms with van der Waals surface area (Å²) in [5.41, 5.74) is 1.37. The zero-order valence-electron chi connectivity index (χ0n) is 12.0. The second-order valence-corrected chi connectivity index (χ2v) is 7.71. The quantitative estimate of drug-likeness (QED) is 0.477. The van der Waals surface area contributed by atoms with Crippen molar-refractivity contribution in [3.05, 3.63) is 46.0 Å². The van der Waals surface area contributed by atoms with Crippen LogP contribution in [0.25, 0.3) is 0 Å². The number of anilines is 2. The lowest BCUT2D eigenvalue weighted by Gasteiger charge is -2.14. The predicted octanol–water partition coefficient (Wildman–Crippen LogP) is 2.76. The van der Waals surface area contributed by atoms with Crippen LogP contribution in [-0.4, -0.2) is 20.6 Å². The van der Waals surface area contributed by atoms with Crippen LogP contribution >= 0.6 is 34.8 Å². The molecule has 9 heteroatoms. The van der Waals surface area contributed by atoms with E-state index in [2.05, 4.69) is 33.2 Å². The molecule has 0 spiro atoms. The highest BCUT2D eigenvalue weighted by Crippen LogP contribution is 2.26. The SMILES string of the molecule is COc1ccc(I)cc1NC(=S)Nc1ccc(S(N)(=O)=O)cc1. The van der Waals surface area contributed by atoms with E-state index in [1.165, 1.54) is 12.1 Å². The molecule has 0 saturated carbocycles. The van der Waals surface area contributed by atoms with Gasteiger partial charge in [-0.1, -0.05) is 0 Å². The fourth-order valence-corrected chi connectivity index (χ4v) is 3.02. The molecule has 0 amide bonds. The molecule has 2 rings (SSSR count). The van der Waals surface area contributed by atoms with Crippen molar-refractivity contribution in [3.63, 3.8) is 0 Å². The monoisotopic (exact) mass is 463 g/mol. The largest absolute Gasteiger partial charge is 0.495 e. The lowest BCUT2D eigenvalue weighted by molar-refractivity contribution is 0.417. The molecular weight excluding hydrogens is 449 g/mol. The minimum Gasteiger partial charge on any atom is -0.495 e. The maximum Gasteiger partial charge on any atom is 0.238 e. The molecule has 0 bridgehead atoms. The number of benzene rings is 2. The topological polar surface area (TPSA) is 93.4 Å². The molecule has 0 radical (unpaired) electrons. The van der Waals surface area contributed by atoms with E-state index in [0.717, 1.165) is 9.26 Å². The number of hydrogen-bond acceptors (Lipinski definition) is 4. The Kier molecular flexibility index (Phi) is 5.79. The number of primary sulfonamides is 1. The van der Waals surface area contributed by atoms with Crippen LogP contribution in [0.2, 0.25) is 0 Å². The third-order valence-corrected chi connectivity index (χ3v) is 4.65. The average molecular weight is 463 g/mol. The summed E-state index contributed by atoms with van der Waals surface area (Å²) in [5, 5.41) is 11.4. The van der Waals surface area contributed by atoms with Gasteiger partial charge in [-0.2, -0.15) is 0 Å². The van der Waals surface area contributed by atoms with E-state index >= 15 is 0 Å². The molecule has 2 aromatic rings. The van der Waals surface area contributed by atoms with E-state index in [4.69, 9.17) is 22.1 Å². The molecule has 6 nitrogen and oxygen atoms in total. The van der Waals surface area contributed by atoms with Crippen LogP contribution in [0.15, 0.2) is 47.4 Å². The highest BCUT2D eigenvalue weighted by atomic mass is 127. The molecule has 0 aromatic heterocycles. The molecular formula is C14H14IN3O3S2. The van der Waals surface area contributed by atoms with Crippen molar-refractivity contribution in [3.8, 4) is 5.75 Å². The van der Waals surface area contributed by atoms with Crippen LogP contribution in [0.4, 0.5) is 11.4 Å². The van der Waals surface area contributed by atoms with E-state index in [9.17, 15) is 8.42 Å². The number of sulfonamides is 1. The van der Waals surface area contributed by atoms with Gasteiger partial charge in [0.1, 0.15) is 5.75 Å². The first-order valence-electron chi connectivity index (χ1n) is 6.34. The number of methoxy groups -OCH3 is 1. The Morgan fingerprint density at radius 3 is 2.39 bits per heavy atom. The molecule has 0 atom stereocenters. The van der Waals surface area contributed by atoms with Gasteiger partial charge in [-0.05, 0) is 77.3 Å². The van der Waals surface area contributed by atoms with Crippen LogP contribution in [0.1, 0.15) is 0 Å². The maximum atomic E-state index is 11.2. The van der Waals surface area contributed by atoms with Gasteiger partial charge in [0.05, 0.1) is 17.7 Å². The second-order valence-electron chi connectivity index (χ2n) is 4.49. The zero-order valence-corrected chi connectivity index (χ0v) is 15.8. The van der Waals surface area contributed by atoms with E-state index in [0.29, 0.717) is 16.5 Å². The third-order valence-electron chi connectivity index (χ3n) is 2.85. The van der Waals surface area contributed by atoms with Crippen molar-refractivity contribution in [2.75, 3.05) is 17.7 Å². The number of ether oxygens (including phenoxy) is 1. The first-order valence-corrected chi connectivity index (χ1v) is 9.37. The summed E-state index contributed by atoms with van der Waals surface area (Å²) in [6.45, 7) is 0. The summed E-state index contributed by atoms with van der Waals surface area (Å²) in [6, 6.07) is 11.6. The van der Waals surface area contributed by atoms with Gasteiger partial charge in [0.2, 0.25) is 10.0 Å². The number of nitrogens with one attached hydrogen (secondary N) is 2. The predicted molar refractivity (Wildman–Crippen MR) is 103 cm³/mol. The van der Waals surface area contributed by atoms with E-state index in [1.807, 2.05) is 18.2 Å². The van der Waals surface area contributed by atoms with Gasteiger partial charge in [0.25, 0.3) is 0 Å². The Morgan fingerprint density at radius 2 is 1.83 bits per heavy atom. The number of nitrogens with two attached hydrogens (primary N) is 1. The third kappa shape index (κ3) is 5.03. The number of thiocarbonyl (C=S) groups is 1. The second kappa shape index (κ2) is 7.43. The summed E-state index contributed by atoms with van der Waals surface area (Å²) in [5.74, 6) is 0.666. The first kappa shape index (κ1) is 17.9. The van der Waals surface area contributed by atoms with Crippen molar-refractivity contribution in [2.45, 2.75) is 4.90 Å². The molecule has 2 aromatic carbocycles. The highest BCUT2D eigenvalue weighted by Gasteiger charge is 2.08. The van der Waals surface area contributed by atoms with Gasteiger partial charge < -0.3 is 15.4 Å². The number of rotatable bonds is 4. The summed E-state index contributed by atoms with van der Waals surface area (Å²) in [7, 11) is -2.12. The van der Waals surface area contributed by atoms with E-state index in [-0.39, 0.29) is 4.90 Å². The van der Waals surface area contributed by atoms with Crippen molar-refractivity contribution in [2.24, 2.45) is 5.14 Å². The zero-order chi connectivity index (χ0) is 17.0. The highest BCUT2D eigenvalue weighted by molar-refractivity contribution is 14.1. The van der Waals surface area contributed by atoms with Crippen LogP contribution in [-0.2, 0) is 10.0 Å². The standard InChI is InChI=1S/C14H14IN3O3S2/c1-21-13-7-2-9(15)8-12(13)18-14(22)17-10-3-5-11(6-4-10)23(16,19)20/h2-8H,1H3,(H2,16,19,20)(H2,17,18,22). The molecule has 0 saturated heterocycles. The van der Waals surface area contributed by atoms with Crippen molar-refractivity contribution >= 4 is 61.3 Å². The van der Waals surface area contributed by atoms with Gasteiger partial charge in [0.15, 0.2) is 5.11 Å². The Hall–Kier alpha value is -1.43. The molecule has 0 aliphatic rings. The molecule has 23 heavy (non-hydrogen) atoms. The molecule has 122 valence electrons. The summed E-state index contributed by atoms with van der Waals surface area (Å²) >= 11 is 7.44. The van der Waals surface area contributed by atoms with Crippen LogP contribution in [0.3, 0.4) is 0 Å². The van der Waals surface area contributed by atoms with E-state index in [1.54, 1.807) is 19.2 Å². The summed E-state index contributed by atoms with van der Waals surface area (Å²) in [6.07, 6.45) is 0. The molecule has 4 N–H and O–H groups in total. The average Bonchev–Trinajstić information content (AvgIpc) is 2.47. The summed E-state index contributed by atoms with van der Waals surface area (Å²) < 4.78 is 28.7. The fourth-order valence-electron chi connectivity index (χ4n) is 1.79. The lowest BCUT2D eigenvalue weighted by atomic mass is 10.3. The fraction of sp³-hybridized carbons (Fsp3) is 0.0714. The molecule has 0 unspecified atom stereocenters. The van der Waals surface area contributed by atoms with Crippen LogP contribution < -0.4 is 20.5 Å². The van der Waals surface area contributed by atoms with E-state index < -0.39 is 10.0 Å². The minimum atomic E-state index is -3.70. The first-order chi connectivity index (χ1) is 10.8. The van der Waals surface area contributed by atoms with Crippen LogP contribution in [0, 0.1) is 3.57 Å². The Bertz CT molecular complexity index is 824. The Labute approximate surface area is 153 Å². The van der Waals surface area contributed by atoms with Crippen molar-refractivity contribution < 1.29 is 13.2 Å². The van der Waals surface area contributed by atoms with Crippen LogP contribution in [0.5, 0.6) is 5.75 Å². The molecule has 0 heterocycles. The van der Waals surface area contributed by atoms with Gasteiger partial charge >= 0.3 is 0 Å². The van der Waals surface area contributed by atoms with Gasteiger partial charge in [-0.3, -0.25) is 0 Å². The van der Waals surface area contributed by atoms with Crippen molar-refractivity contribution in [1.82, 2.24) is 0 Å². The number of hydrogen-bond donors (Lipinski definition) is 3. The maximum absolute atomic E-state index is 11.2. The minimum absolute atomic E-state index is 0.0428. The molecule has 0 aliphatic heterocycles. The smallest absolute Gasteiger partial charge is 0.238 e. The normalized spacial score (nSPS) is 10.9. The van der Waals surface area contributed by atoms with Gasteiger partial charge in [0, 0.05) is 9.26 Å². The van der Waals surface area contributed by atoms with Crippen molar-refractivity contribution in [1.29, 1.82) is 0 Å².